The van der Waals surface area contributed by atoms with Crippen LogP contribution in [0.5, 0.6) is 0 Å². The molecule has 1 aromatic heterocycles. The molecule has 1 aromatic rings. The van der Waals surface area contributed by atoms with E-state index in [-0.39, 0.29) is 23.6 Å². The summed E-state index contributed by atoms with van der Waals surface area (Å²) in [6, 6.07) is 0. The zero-order chi connectivity index (χ0) is 14.1. The minimum Gasteiger partial charge on any atom is -0.477 e. The standard InChI is InChI=1S/C10H14F3N3O2/c1-4-16(5-10(11,12)13)8-7(9(17)18)6(2)14-15(8)3/h4-5H2,1-3H3,(H,17,18). The molecule has 1 heterocycles. The molecule has 0 aliphatic carbocycles. The van der Waals surface area contributed by atoms with Crippen molar-refractivity contribution in [2.45, 2.75) is 20.0 Å². The van der Waals surface area contributed by atoms with Crippen molar-refractivity contribution in [1.29, 1.82) is 0 Å². The normalized spacial score (nSPS) is 11.7. The first-order valence-corrected chi connectivity index (χ1v) is 5.26. The minimum absolute atomic E-state index is 0.0279. The average molecular weight is 265 g/mol. The Bertz CT molecular complexity index is 454. The Morgan fingerprint density at radius 3 is 2.44 bits per heavy atom. The van der Waals surface area contributed by atoms with Crippen molar-refractivity contribution in [2.75, 3.05) is 18.0 Å². The van der Waals surface area contributed by atoms with Crippen LogP contribution in [-0.2, 0) is 7.05 Å². The minimum atomic E-state index is -4.40. The second-order valence-electron chi connectivity index (χ2n) is 3.84. The number of halogens is 3. The Labute approximate surface area is 102 Å². The first-order valence-electron chi connectivity index (χ1n) is 5.26. The van der Waals surface area contributed by atoms with Crippen LogP contribution in [0.4, 0.5) is 19.0 Å². The predicted octanol–water partition coefficient (Wildman–Crippen LogP) is 1.82. The summed E-state index contributed by atoms with van der Waals surface area (Å²) in [5.41, 5.74) is 0.00391. The predicted molar refractivity (Wildman–Crippen MR) is 58.8 cm³/mol. The highest BCUT2D eigenvalue weighted by atomic mass is 19.4. The Morgan fingerprint density at radius 1 is 1.50 bits per heavy atom. The van der Waals surface area contributed by atoms with Crippen LogP contribution in [0.2, 0.25) is 0 Å². The molecule has 0 saturated carbocycles. The van der Waals surface area contributed by atoms with E-state index in [2.05, 4.69) is 5.10 Å². The van der Waals surface area contributed by atoms with E-state index < -0.39 is 18.7 Å². The number of hydrogen-bond donors (Lipinski definition) is 1. The first-order chi connectivity index (χ1) is 8.17. The number of hydrogen-bond acceptors (Lipinski definition) is 3. The Kier molecular flexibility index (Phi) is 3.88. The number of aromatic carboxylic acids is 1. The van der Waals surface area contributed by atoms with Crippen molar-refractivity contribution in [2.24, 2.45) is 7.05 Å². The number of aromatic nitrogens is 2. The zero-order valence-electron chi connectivity index (χ0n) is 10.2. The number of carboxylic acid groups (broad SMARTS) is 1. The Morgan fingerprint density at radius 2 is 2.06 bits per heavy atom. The van der Waals surface area contributed by atoms with Crippen molar-refractivity contribution >= 4 is 11.8 Å². The van der Waals surface area contributed by atoms with E-state index in [0.717, 1.165) is 9.58 Å². The Balaban J connectivity index is 3.25. The van der Waals surface area contributed by atoms with Crippen LogP contribution >= 0.6 is 0 Å². The van der Waals surface area contributed by atoms with E-state index in [0.29, 0.717) is 0 Å². The fourth-order valence-corrected chi connectivity index (χ4v) is 1.81. The molecule has 0 bridgehead atoms. The van der Waals surface area contributed by atoms with Crippen molar-refractivity contribution in [3.8, 4) is 0 Å². The van der Waals surface area contributed by atoms with Gasteiger partial charge in [0.2, 0.25) is 0 Å². The van der Waals surface area contributed by atoms with Gasteiger partial charge in [0.15, 0.2) is 0 Å². The fraction of sp³-hybridized carbons (Fsp3) is 0.600. The van der Waals surface area contributed by atoms with Crippen LogP contribution in [0.1, 0.15) is 23.0 Å². The summed E-state index contributed by atoms with van der Waals surface area (Å²) in [4.78, 5) is 12.0. The van der Waals surface area contributed by atoms with Gasteiger partial charge in [0.05, 0.1) is 5.69 Å². The van der Waals surface area contributed by atoms with E-state index in [1.807, 2.05) is 0 Å². The van der Waals surface area contributed by atoms with Crippen LogP contribution < -0.4 is 4.90 Å². The van der Waals surface area contributed by atoms with Gasteiger partial charge in [-0.05, 0) is 13.8 Å². The lowest BCUT2D eigenvalue weighted by Gasteiger charge is -2.24. The number of nitrogens with zero attached hydrogens (tertiary/aromatic N) is 3. The van der Waals surface area contributed by atoms with Gasteiger partial charge in [-0.2, -0.15) is 18.3 Å². The van der Waals surface area contributed by atoms with E-state index in [9.17, 15) is 18.0 Å². The molecule has 0 saturated heterocycles. The van der Waals surface area contributed by atoms with Crippen molar-refractivity contribution in [1.82, 2.24) is 9.78 Å². The van der Waals surface area contributed by atoms with Crippen LogP contribution in [0.25, 0.3) is 0 Å². The summed E-state index contributed by atoms with van der Waals surface area (Å²) in [6.07, 6.45) is -4.40. The molecular weight excluding hydrogens is 251 g/mol. The highest BCUT2D eigenvalue weighted by molar-refractivity contribution is 5.94. The van der Waals surface area contributed by atoms with Crippen molar-refractivity contribution in [3.05, 3.63) is 11.3 Å². The molecular formula is C10H14F3N3O2. The summed E-state index contributed by atoms with van der Waals surface area (Å²) in [5.74, 6) is -1.31. The molecule has 0 fully saturated rings. The fourth-order valence-electron chi connectivity index (χ4n) is 1.81. The molecule has 0 aliphatic rings. The van der Waals surface area contributed by atoms with Gasteiger partial charge in [-0.3, -0.25) is 4.68 Å². The molecule has 5 nitrogen and oxygen atoms in total. The molecule has 0 atom stereocenters. The van der Waals surface area contributed by atoms with Gasteiger partial charge in [0, 0.05) is 13.6 Å². The van der Waals surface area contributed by atoms with Crippen LogP contribution in [0.15, 0.2) is 0 Å². The molecule has 0 aliphatic heterocycles. The lowest BCUT2D eigenvalue weighted by molar-refractivity contribution is -0.119. The third kappa shape index (κ3) is 2.93. The molecule has 0 spiro atoms. The maximum atomic E-state index is 12.4. The van der Waals surface area contributed by atoms with Crippen molar-refractivity contribution < 1.29 is 23.1 Å². The maximum Gasteiger partial charge on any atom is 0.405 e. The number of carbonyl (C=O) groups is 1. The first kappa shape index (κ1) is 14.3. The highest BCUT2D eigenvalue weighted by Gasteiger charge is 2.33. The van der Waals surface area contributed by atoms with Crippen LogP contribution in [0.3, 0.4) is 0 Å². The average Bonchev–Trinajstić information content (AvgIpc) is 2.48. The second-order valence-corrected chi connectivity index (χ2v) is 3.84. The molecule has 1 rings (SSSR count). The van der Waals surface area contributed by atoms with E-state index in [1.165, 1.54) is 20.9 Å². The molecule has 0 amide bonds. The lowest BCUT2D eigenvalue weighted by Crippen LogP contribution is -2.36. The summed E-state index contributed by atoms with van der Waals surface area (Å²) in [5, 5.41) is 12.9. The van der Waals surface area contributed by atoms with Gasteiger partial charge < -0.3 is 10.0 Å². The second kappa shape index (κ2) is 4.87. The molecule has 0 unspecified atom stereocenters. The SMILES string of the molecule is CCN(CC(F)(F)F)c1c(C(=O)O)c(C)nn1C. The zero-order valence-corrected chi connectivity index (χ0v) is 10.2. The quantitative estimate of drug-likeness (QED) is 0.902. The van der Waals surface area contributed by atoms with Gasteiger partial charge in [0.1, 0.15) is 17.9 Å². The molecule has 8 heteroatoms. The summed E-state index contributed by atoms with van der Waals surface area (Å²) < 4.78 is 38.5. The van der Waals surface area contributed by atoms with Gasteiger partial charge in [-0.1, -0.05) is 0 Å². The third-order valence-corrected chi connectivity index (χ3v) is 2.46. The molecule has 0 aromatic carbocycles. The maximum absolute atomic E-state index is 12.4. The highest BCUT2D eigenvalue weighted by Crippen LogP contribution is 2.26. The third-order valence-electron chi connectivity index (χ3n) is 2.46. The number of alkyl halides is 3. The topological polar surface area (TPSA) is 58.4 Å². The van der Waals surface area contributed by atoms with E-state index in [1.54, 1.807) is 0 Å². The van der Waals surface area contributed by atoms with Crippen LogP contribution in [0, 0.1) is 6.92 Å². The van der Waals surface area contributed by atoms with Crippen molar-refractivity contribution in [3.63, 3.8) is 0 Å². The van der Waals surface area contributed by atoms with Crippen LogP contribution in [-0.4, -0.2) is 40.1 Å². The summed E-state index contributed by atoms with van der Waals surface area (Å²) in [7, 11) is 1.42. The monoisotopic (exact) mass is 265 g/mol. The Hall–Kier alpha value is -1.73. The van der Waals surface area contributed by atoms with Gasteiger partial charge in [0.25, 0.3) is 0 Å². The van der Waals surface area contributed by atoms with Gasteiger partial charge in [-0.15, -0.1) is 0 Å². The molecule has 1 N–H and O–H groups in total. The smallest absolute Gasteiger partial charge is 0.405 e. The summed E-state index contributed by atoms with van der Waals surface area (Å²) in [6.45, 7) is 1.82. The van der Waals surface area contributed by atoms with Gasteiger partial charge in [-0.25, -0.2) is 4.79 Å². The number of rotatable bonds is 4. The molecule has 0 radical (unpaired) electrons. The largest absolute Gasteiger partial charge is 0.477 e. The molecule has 102 valence electrons. The van der Waals surface area contributed by atoms with E-state index in [4.69, 9.17) is 5.11 Å². The van der Waals surface area contributed by atoms with E-state index >= 15 is 0 Å². The summed E-state index contributed by atoms with van der Waals surface area (Å²) >= 11 is 0. The molecule has 18 heavy (non-hydrogen) atoms. The number of aryl methyl sites for hydroxylation is 2. The van der Waals surface area contributed by atoms with Gasteiger partial charge >= 0.3 is 12.1 Å². The number of anilines is 1. The lowest BCUT2D eigenvalue weighted by atomic mass is 10.2. The number of carboxylic acids is 1.